The van der Waals surface area contributed by atoms with Gasteiger partial charge in [-0.2, -0.15) is 0 Å². The van der Waals surface area contributed by atoms with E-state index in [4.69, 9.17) is 4.43 Å². The number of hydrogen-bond donors (Lipinski definition) is 0. The van der Waals surface area contributed by atoms with Crippen LogP contribution in [-0.4, -0.2) is 44.4 Å². The summed E-state index contributed by atoms with van der Waals surface area (Å²) in [5.41, 5.74) is 0. The topological polar surface area (TPSA) is 12.5 Å². The maximum atomic E-state index is 6.11. The first-order valence-electron chi connectivity index (χ1n) is 5.59. The Bertz CT molecular complexity index is 180. The Morgan fingerprint density at radius 2 is 1.73 bits per heavy atom. The van der Waals surface area contributed by atoms with Gasteiger partial charge >= 0.3 is 0 Å². The predicted molar refractivity (Wildman–Crippen MR) is 79.5 cm³/mol. The summed E-state index contributed by atoms with van der Waals surface area (Å²) < 4.78 is 7.29. The lowest BCUT2D eigenvalue weighted by Crippen LogP contribution is -2.42. The summed E-state index contributed by atoms with van der Waals surface area (Å²) in [4.78, 5) is 2.33. The van der Waals surface area contributed by atoms with Crippen molar-refractivity contribution in [2.45, 2.75) is 38.9 Å². The van der Waals surface area contributed by atoms with E-state index in [1.807, 2.05) is 0 Å². The Kier molecular flexibility index (Phi) is 6.94. The quantitative estimate of drug-likeness (QED) is 0.417. The zero-order valence-electron chi connectivity index (χ0n) is 11.1. The second-order valence-electron chi connectivity index (χ2n) is 5.60. The first-order chi connectivity index (χ1) is 6.70. The van der Waals surface area contributed by atoms with Gasteiger partial charge in [0.15, 0.2) is 8.32 Å². The number of likely N-dealkylation sites (N-methyl/N-ethyl adjacent to an activating group) is 1. The van der Waals surface area contributed by atoms with E-state index < -0.39 is 8.32 Å². The van der Waals surface area contributed by atoms with E-state index in [2.05, 4.69) is 68.4 Å². The van der Waals surface area contributed by atoms with Gasteiger partial charge in [0.1, 0.15) is 0 Å². The molecule has 0 saturated heterocycles. The lowest BCUT2D eigenvalue weighted by atomic mass is 10.2. The molecule has 0 aromatic heterocycles. The molecule has 0 aromatic rings. The lowest BCUT2D eigenvalue weighted by molar-refractivity contribution is 0.229. The van der Waals surface area contributed by atoms with Crippen LogP contribution < -0.4 is 0 Å². The van der Waals surface area contributed by atoms with Crippen molar-refractivity contribution in [2.24, 2.45) is 0 Å². The van der Waals surface area contributed by atoms with Crippen LogP contribution in [0.3, 0.4) is 0 Å². The molecule has 4 heteroatoms. The maximum absolute atomic E-state index is 6.11. The number of nitrogens with zero attached hydrogens (tertiary/aromatic N) is 1. The predicted octanol–water partition coefficient (Wildman–Crippen LogP) is 3.38. The van der Waals surface area contributed by atoms with E-state index in [1.54, 1.807) is 0 Å². The van der Waals surface area contributed by atoms with Gasteiger partial charge in [-0.15, -0.1) is 0 Å². The summed E-state index contributed by atoms with van der Waals surface area (Å²) >= 11 is 2.41. The van der Waals surface area contributed by atoms with Crippen LogP contribution in [0.2, 0.25) is 18.1 Å². The molecule has 0 aliphatic rings. The molecule has 0 aromatic carbocycles. The average Bonchev–Trinajstić information content (AvgIpc) is 2.01. The molecule has 0 atom stereocenters. The van der Waals surface area contributed by atoms with Gasteiger partial charge in [0.05, 0.1) is 0 Å². The largest absolute Gasteiger partial charge is 0.416 e. The maximum Gasteiger partial charge on any atom is 0.192 e. The van der Waals surface area contributed by atoms with Crippen molar-refractivity contribution in [3.63, 3.8) is 0 Å². The van der Waals surface area contributed by atoms with Crippen LogP contribution in [0.15, 0.2) is 0 Å². The molecule has 92 valence electrons. The van der Waals surface area contributed by atoms with E-state index in [0.29, 0.717) is 5.04 Å². The van der Waals surface area contributed by atoms with E-state index >= 15 is 0 Å². The van der Waals surface area contributed by atoms with Crippen molar-refractivity contribution in [3.05, 3.63) is 0 Å². The summed E-state index contributed by atoms with van der Waals surface area (Å²) in [5, 5.41) is 0.328. The molecule has 0 amide bonds. The van der Waals surface area contributed by atoms with E-state index in [-0.39, 0.29) is 0 Å². The number of hydrogen-bond acceptors (Lipinski definition) is 2. The minimum Gasteiger partial charge on any atom is -0.416 e. The standard InChI is InChI=1S/C11H26INOSi/c1-11(2,3)15(5,6)14-10-9-13(4)8-7-12/h7-10H2,1-6H3. The molecule has 0 aliphatic carbocycles. The molecule has 0 unspecified atom stereocenters. The Morgan fingerprint density at radius 3 is 2.13 bits per heavy atom. The van der Waals surface area contributed by atoms with Crippen molar-refractivity contribution in [2.75, 3.05) is 31.2 Å². The summed E-state index contributed by atoms with van der Waals surface area (Å²) in [5.74, 6) is 0. The summed E-state index contributed by atoms with van der Waals surface area (Å²) in [6.07, 6.45) is 0. The van der Waals surface area contributed by atoms with Crippen molar-refractivity contribution in [1.82, 2.24) is 4.90 Å². The molecule has 0 bridgehead atoms. The van der Waals surface area contributed by atoms with Crippen LogP contribution in [0.4, 0.5) is 0 Å². The first kappa shape index (κ1) is 15.9. The number of alkyl halides is 1. The number of halogens is 1. The van der Waals surface area contributed by atoms with Crippen LogP contribution in [0, 0.1) is 0 Å². The highest BCUT2D eigenvalue weighted by Crippen LogP contribution is 2.36. The third kappa shape index (κ3) is 6.24. The molecule has 15 heavy (non-hydrogen) atoms. The molecule has 0 N–H and O–H groups in total. The third-order valence-corrected chi connectivity index (χ3v) is 8.23. The molecular weight excluding hydrogens is 317 g/mol. The van der Waals surface area contributed by atoms with Crippen LogP contribution in [-0.2, 0) is 4.43 Å². The fourth-order valence-corrected chi connectivity index (χ4v) is 2.79. The molecule has 0 radical (unpaired) electrons. The zero-order chi connectivity index (χ0) is 12.1. The Hall–Kier alpha value is 0.867. The van der Waals surface area contributed by atoms with Crippen molar-refractivity contribution in [3.8, 4) is 0 Å². The highest BCUT2D eigenvalue weighted by molar-refractivity contribution is 14.1. The van der Waals surface area contributed by atoms with Gasteiger partial charge in [0.2, 0.25) is 0 Å². The lowest BCUT2D eigenvalue weighted by Gasteiger charge is -2.36. The molecule has 0 fully saturated rings. The van der Waals surface area contributed by atoms with Crippen molar-refractivity contribution in [1.29, 1.82) is 0 Å². The van der Waals surface area contributed by atoms with E-state index in [1.165, 1.54) is 4.43 Å². The summed E-state index contributed by atoms with van der Waals surface area (Å²) in [7, 11) is 0.637. The van der Waals surface area contributed by atoms with Crippen molar-refractivity contribution >= 4 is 30.9 Å². The average molecular weight is 343 g/mol. The zero-order valence-corrected chi connectivity index (χ0v) is 14.2. The van der Waals surface area contributed by atoms with Gasteiger partial charge in [-0.25, -0.2) is 0 Å². The third-order valence-electron chi connectivity index (χ3n) is 3.21. The number of rotatable bonds is 6. The Labute approximate surface area is 110 Å². The van der Waals surface area contributed by atoms with Gasteiger partial charge in [0.25, 0.3) is 0 Å². The Balaban J connectivity index is 3.85. The molecule has 0 spiro atoms. The molecule has 0 saturated carbocycles. The van der Waals surface area contributed by atoms with Crippen LogP contribution in [0.25, 0.3) is 0 Å². The van der Waals surface area contributed by atoms with Gasteiger partial charge in [0, 0.05) is 24.1 Å². The highest BCUT2D eigenvalue weighted by Gasteiger charge is 2.36. The first-order valence-corrected chi connectivity index (χ1v) is 10.0. The van der Waals surface area contributed by atoms with Gasteiger partial charge in [-0.05, 0) is 25.2 Å². The fraction of sp³-hybridized carbons (Fsp3) is 1.00. The van der Waals surface area contributed by atoms with E-state index in [0.717, 1.165) is 19.7 Å². The fourth-order valence-electron chi connectivity index (χ4n) is 0.929. The summed E-state index contributed by atoms with van der Waals surface area (Å²) in [6, 6.07) is 0. The minimum atomic E-state index is -1.52. The molecule has 0 heterocycles. The second-order valence-corrected chi connectivity index (χ2v) is 11.5. The van der Waals surface area contributed by atoms with Gasteiger partial charge in [-0.3, -0.25) is 0 Å². The van der Waals surface area contributed by atoms with Crippen LogP contribution in [0.5, 0.6) is 0 Å². The highest BCUT2D eigenvalue weighted by atomic mass is 127. The van der Waals surface area contributed by atoms with Crippen molar-refractivity contribution < 1.29 is 4.43 Å². The smallest absolute Gasteiger partial charge is 0.192 e. The molecular formula is C11H26INOSi. The van der Waals surface area contributed by atoms with Gasteiger partial charge < -0.3 is 9.33 Å². The molecule has 2 nitrogen and oxygen atoms in total. The van der Waals surface area contributed by atoms with Crippen LogP contribution in [0.1, 0.15) is 20.8 Å². The summed E-state index contributed by atoms with van der Waals surface area (Å²) in [6.45, 7) is 14.6. The molecule has 0 rings (SSSR count). The minimum absolute atomic E-state index is 0.328. The van der Waals surface area contributed by atoms with E-state index in [9.17, 15) is 0 Å². The van der Waals surface area contributed by atoms with Crippen LogP contribution >= 0.6 is 22.6 Å². The molecule has 0 aliphatic heterocycles. The normalized spacial score (nSPS) is 13.6. The SMILES string of the molecule is CN(CCI)CCO[Si](C)(C)C(C)(C)C. The monoisotopic (exact) mass is 343 g/mol. The Morgan fingerprint density at radius 1 is 1.20 bits per heavy atom. The second kappa shape index (κ2) is 6.57. The van der Waals surface area contributed by atoms with Gasteiger partial charge in [-0.1, -0.05) is 43.4 Å².